The number of hydrogen-bond acceptors (Lipinski definition) is 3. The molecule has 0 bridgehead atoms. The van der Waals surface area contributed by atoms with Gasteiger partial charge in [-0.3, -0.25) is 0 Å². The Morgan fingerprint density at radius 2 is 1.89 bits per heavy atom. The molecular formula is C10H7F4NO3S. The van der Waals surface area contributed by atoms with Gasteiger partial charge < -0.3 is 9.17 Å². The second-order valence-electron chi connectivity index (χ2n) is 3.77. The van der Waals surface area contributed by atoms with Gasteiger partial charge in [-0.15, -0.1) is 0 Å². The van der Waals surface area contributed by atoms with Crippen molar-refractivity contribution in [3.63, 3.8) is 0 Å². The van der Waals surface area contributed by atoms with Gasteiger partial charge in [0.05, 0.1) is 0 Å². The van der Waals surface area contributed by atoms with Gasteiger partial charge in [-0.25, -0.2) is 4.39 Å². The molecule has 0 aliphatic heterocycles. The summed E-state index contributed by atoms with van der Waals surface area (Å²) in [6, 6.07) is 3.38. The van der Waals surface area contributed by atoms with Crippen molar-refractivity contribution in [2.45, 2.75) is 12.4 Å². The lowest BCUT2D eigenvalue weighted by molar-refractivity contribution is -0.0500. The predicted molar refractivity (Wildman–Crippen MR) is 58.6 cm³/mol. The van der Waals surface area contributed by atoms with E-state index in [4.69, 9.17) is 0 Å². The number of fused-ring (bicyclic) bond motifs is 1. The average molecular weight is 297 g/mol. The second kappa shape index (κ2) is 4.12. The van der Waals surface area contributed by atoms with Crippen LogP contribution in [0.3, 0.4) is 0 Å². The predicted octanol–water partition coefficient (Wildman–Crippen LogP) is 2.84. The summed E-state index contributed by atoms with van der Waals surface area (Å²) in [5, 5.41) is -0.0487. The molecule has 0 aliphatic rings. The summed E-state index contributed by atoms with van der Waals surface area (Å²) in [4.78, 5) is 2.75. The summed E-state index contributed by atoms with van der Waals surface area (Å²) in [6.45, 7) is 1.62. The lowest BCUT2D eigenvalue weighted by Crippen LogP contribution is -2.28. The van der Waals surface area contributed by atoms with Gasteiger partial charge in [-0.2, -0.15) is 21.6 Å². The van der Waals surface area contributed by atoms with Crippen LogP contribution >= 0.6 is 0 Å². The van der Waals surface area contributed by atoms with E-state index in [2.05, 4.69) is 9.17 Å². The number of alkyl halides is 3. The van der Waals surface area contributed by atoms with Crippen LogP contribution in [0.15, 0.2) is 18.2 Å². The summed E-state index contributed by atoms with van der Waals surface area (Å²) in [6.07, 6.45) is 0. The molecule has 0 radical (unpaired) electrons. The highest BCUT2D eigenvalue weighted by atomic mass is 32.2. The minimum atomic E-state index is -5.89. The Labute approximate surface area is 105 Å². The first-order valence-corrected chi connectivity index (χ1v) is 6.31. The molecule has 1 aromatic heterocycles. The van der Waals surface area contributed by atoms with Crippen LogP contribution in [0.25, 0.3) is 10.9 Å². The van der Waals surface area contributed by atoms with E-state index in [1.807, 2.05) is 0 Å². The van der Waals surface area contributed by atoms with E-state index in [1.54, 1.807) is 6.92 Å². The molecule has 1 heterocycles. The standard InChI is InChI=1S/C10H7F4NO3S/c1-5-4-6-7(15-5)2-3-8(9(6)11)18-19(16,17)10(12,13)14/h2-4,15H,1H3. The van der Waals surface area contributed by atoms with Crippen molar-refractivity contribution in [2.75, 3.05) is 0 Å². The Hall–Kier alpha value is -1.77. The van der Waals surface area contributed by atoms with E-state index >= 15 is 0 Å². The number of benzene rings is 1. The zero-order valence-electron chi connectivity index (χ0n) is 9.38. The largest absolute Gasteiger partial charge is 0.534 e. The fourth-order valence-corrected chi connectivity index (χ4v) is 1.98. The van der Waals surface area contributed by atoms with Crippen molar-refractivity contribution in [3.8, 4) is 5.75 Å². The first-order chi connectivity index (χ1) is 8.62. The molecule has 2 aromatic rings. The van der Waals surface area contributed by atoms with Gasteiger partial charge in [-0.05, 0) is 25.1 Å². The molecule has 0 unspecified atom stereocenters. The third kappa shape index (κ3) is 2.37. The molecule has 19 heavy (non-hydrogen) atoms. The summed E-state index contributed by atoms with van der Waals surface area (Å²) >= 11 is 0. The molecular weight excluding hydrogens is 290 g/mol. The third-order valence-corrected chi connectivity index (χ3v) is 3.29. The highest BCUT2D eigenvalue weighted by molar-refractivity contribution is 7.88. The second-order valence-corrected chi connectivity index (χ2v) is 5.31. The average Bonchev–Trinajstić information content (AvgIpc) is 2.62. The first kappa shape index (κ1) is 13.7. The van der Waals surface area contributed by atoms with E-state index in [-0.39, 0.29) is 5.39 Å². The Morgan fingerprint density at radius 1 is 1.26 bits per heavy atom. The van der Waals surface area contributed by atoms with Crippen LogP contribution in [0.4, 0.5) is 17.6 Å². The van der Waals surface area contributed by atoms with Crippen LogP contribution in [0.2, 0.25) is 0 Å². The fourth-order valence-electron chi connectivity index (χ4n) is 1.52. The number of halogens is 4. The van der Waals surface area contributed by atoms with Crippen LogP contribution in [-0.4, -0.2) is 18.9 Å². The normalized spacial score (nSPS) is 12.9. The van der Waals surface area contributed by atoms with Crippen molar-refractivity contribution < 1.29 is 30.2 Å². The van der Waals surface area contributed by atoms with E-state index in [0.717, 1.165) is 6.07 Å². The van der Waals surface area contributed by atoms with E-state index in [9.17, 15) is 26.0 Å². The van der Waals surface area contributed by atoms with Crippen LogP contribution in [0, 0.1) is 12.7 Å². The number of hydrogen-bond donors (Lipinski definition) is 1. The van der Waals surface area contributed by atoms with Crippen LogP contribution in [0.1, 0.15) is 5.69 Å². The molecule has 9 heteroatoms. The zero-order chi connectivity index (χ0) is 14.4. The Balaban J connectivity index is 2.50. The zero-order valence-corrected chi connectivity index (χ0v) is 10.2. The topological polar surface area (TPSA) is 59.2 Å². The smallest absolute Gasteiger partial charge is 0.373 e. The van der Waals surface area contributed by atoms with Gasteiger partial charge in [0, 0.05) is 16.6 Å². The van der Waals surface area contributed by atoms with Gasteiger partial charge in [0.2, 0.25) is 0 Å². The first-order valence-electron chi connectivity index (χ1n) is 4.90. The molecule has 0 amide bonds. The summed E-state index contributed by atoms with van der Waals surface area (Å²) in [5.41, 5.74) is -4.71. The Bertz CT molecular complexity index is 733. The van der Waals surface area contributed by atoms with Gasteiger partial charge >= 0.3 is 15.6 Å². The van der Waals surface area contributed by atoms with Crippen LogP contribution < -0.4 is 4.18 Å². The summed E-state index contributed by atoms with van der Waals surface area (Å²) in [5.74, 6) is -2.17. The summed E-state index contributed by atoms with van der Waals surface area (Å²) < 4.78 is 75.6. The monoisotopic (exact) mass is 297 g/mol. The molecule has 0 saturated carbocycles. The molecule has 1 N–H and O–H groups in total. The van der Waals surface area contributed by atoms with E-state index in [0.29, 0.717) is 11.2 Å². The van der Waals surface area contributed by atoms with Gasteiger partial charge in [0.25, 0.3) is 0 Å². The molecule has 104 valence electrons. The number of aryl methyl sites for hydroxylation is 1. The number of aromatic amines is 1. The minimum absolute atomic E-state index is 0.0487. The van der Waals surface area contributed by atoms with Crippen molar-refractivity contribution in [3.05, 3.63) is 29.7 Å². The van der Waals surface area contributed by atoms with E-state index < -0.39 is 27.2 Å². The number of H-pyrrole nitrogens is 1. The van der Waals surface area contributed by atoms with Gasteiger partial charge in [-0.1, -0.05) is 0 Å². The fraction of sp³-hybridized carbons (Fsp3) is 0.200. The molecule has 0 aliphatic carbocycles. The maximum absolute atomic E-state index is 13.8. The summed E-state index contributed by atoms with van der Waals surface area (Å²) in [7, 11) is -5.89. The molecule has 0 spiro atoms. The Morgan fingerprint density at radius 3 is 2.47 bits per heavy atom. The van der Waals surface area contributed by atoms with Crippen molar-refractivity contribution in [1.29, 1.82) is 0 Å². The van der Waals surface area contributed by atoms with Crippen LogP contribution in [-0.2, 0) is 10.1 Å². The van der Waals surface area contributed by atoms with Gasteiger partial charge in [0.15, 0.2) is 11.6 Å². The lowest BCUT2D eigenvalue weighted by atomic mass is 10.2. The van der Waals surface area contributed by atoms with Crippen LogP contribution in [0.5, 0.6) is 5.75 Å². The molecule has 4 nitrogen and oxygen atoms in total. The SMILES string of the molecule is Cc1cc2c(F)c(OS(=O)(=O)C(F)(F)F)ccc2[nH]1. The maximum Gasteiger partial charge on any atom is 0.534 e. The van der Waals surface area contributed by atoms with Crippen molar-refractivity contribution >= 4 is 21.0 Å². The van der Waals surface area contributed by atoms with Crippen molar-refractivity contribution in [1.82, 2.24) is 4.98 Å². The Kier molecular flexibility index (Phi) is 2.96. The number of nitrogens with one attached hydrogen (secondary N) is 1. The maximum atomic E-state index is 13.8. The highest BCUT2D eigenvalue weighted by Gasteiger charge is 2.49. The highest BCUT2D eigenvalue weighted by Crippen LogP contribution is 2.31. The third-order valence-electron chi connectivity index (χ3n) is 2.32. The number of aromatic nitrogens is 1. The molecule has 0 fully saturated rings. The van der Waals surface area contributed by atoms with Gasteiger partial charge in [0.1, 0.15) is 0 Å². The van der Waals surface area contributed by atoms with Crippen molar-refractivity contribution in [2.24, 2.45) is 0 Å². The molecule has 0 atom stereocenters. The number of rotatable bonds is 2. The van der Waals surface area contributed by atoms with E-state index in [1.165, 1.54) is 12.1 Å². The molecule has 0 saturated heterocycles. The lowest BCUT2D eigenvalue weighted by Gasteiger charge is -2.10. The molecule has 1 aromatic carbocycles. The quantitative estimate of drug-likeness (QED) is 0.527. The minimum Gasteiger partial charge on any atom is -0.373 e. The molecule has 2 rings (SSSR count).